The highest BCUT2D eigenvalue weighted by Gasteiger charge is 2.43. The molecule has 12 nitrogen and oxygen atoms in total. The number of carbonyl (C=O) groups is 1. The van der Waals surface area contributed by atoms with E-state index in [9.17, 15) is 18.9 Å². The zero-order valence-electron chi connectivity index (χ0n) is 22.7. The zero-order valence-corrected chi connectivity index (χ0v) is 23.6. The summed E-state index contributed by atoms with van der Waals surface area (Å²) in [7, 11) is -2.46. The SMILES string of the molecule is COC1[C@@H](C)[C@@H](/C=C/P(=O)(OCOCC(C)(C)C)OCOC(=O)C(C)(C)C)O[C@H]1n1ccc(=O)[nH]c1=O. The molecule has 210 valence electrons. The van der Waals surface area contributed by atoms with Crippen LogP contribution in [0.4, 0.5) is 0 Å². The topological polar surface area (TPSA) is 144 Å². The third-order valence-electron chi connectivity index (χ3n) is 5.36. The first-order valence-corrected chi connectivity index (χ1v) is 13.5. The van der Waals surface area contributed by atoms with Gasteiger partial charge < -0.3 is 18.9 Å². The number of aromatic nitrogens is 2. The van der Waals surface area contributed by atoms with Gasteiger partial charge in [0.05, 0.1) is 18.1 Å². The Kier molecular flexibility index (Phi) is 10.6. The van der Waals surface area contributed by atoms with Gasteiger partial charge in [0, 0.05) is 31.1 Å². The molecule has 1 aliphatic heterocycles. The summed E-state index contributed by atoms with van der Waals surface area (Å²) in [6.07, 6.45) is 0.764. The Balaban J connectivity index is 2.19. The molecule has 5 atom stereocenters. The summed E-state index contributed by atoms with van der Waals surface area (Å²) >= 11 is 0. The van der Waals surface area contributed by atoms with Crippen molar-refractivity contribution in [2.45, 2.75) is 66.9 Å². The molecule has 1 saturated heterocycles. The van der Waals surface area contributed by atoms with Gasteiger partial charge in [-0.05, 0) is 32.3 Å². The maximum Gasteiger partial charge on any atom is 0.358 e. The normalized spacial score (nSPS) is 24.3. The Morgan fingerprint density at radius 1 is 1.16 bits per heavy atom. The molecule has 2 unspecified atom stereocenters. The zero-order chi connectivity index (χ0) is 28.0. The molecule has 1 aromatic rings. The van der Waals surface area contributed by atoms with E-state index < -0.39 is 55.5 Å². The Hall–Kier alpha value is -2.08. The second-order valence-electron chi connectivity index (χ2n) is 11.0. The number of hydrogen-bond acceptors (Lipinski definition) is 10. The Morgan fingerprint density at radius 3 is 2.38 bits per heavy atom. The summed E-state index contributed by atoms with van der Waals surface area (Å²) < 4.78 is 47.6. The van der Waals surface area contributed by atoms with Gasteiger partial charge in [-0.15, -0.1) is 0 Å². The number of nitrogens with zero attached hydrogens (tertiary/aromatic N) is 1. The van der Waals surface area contributed by atoms with Crippen molar-refractivity contribution in [2.75, 3.05) is 27.3 Å². The van der Waals surface area contributed by atoms with Crippen molar-refractivity contribution in [1.29, 1.82) is 0 Å². The van der Waals surface area contributed by atoms with Crippen LogP contribution in [0.3, 0.4) is 0 Å². The third kappa shape index (κ3) is 9.31. The molecular weight excluding hydrogens is 507 g/mol. The number of H-pyrrole nitrogens is 1. The average Bonchev–Trinajstić information content (AvgIpc) is 3.09. The molecule has 37 heavy (non-hydrogen) atoms. The van der Waals surface area contributed by atoms with E-state index in [-0.39, 0.29) is 18.1 Å². The van der Waals surface area contributed by atoms with Crippen LogP contribution in [0.25, 0.3) is 0 Å². The number of esters is 1. The molecule has 0 radical (unpaired) electrons. The van der Waals surface area contributed by atoms with E-state index in [1.807, 2.05) is 27.7 Å². The lowest BCUT2D eigenvalue weighted by Crippen LogP contribution is -2.36. The van der Waals surface area contributed by atoms with Crippen molar-refractivity contribution < 1.29 is 37.4 Å². The van der Waals surface area contributed by atoms with Gasteiger partial charge in [-0.25, -0.2) is 4.79 Å². The first-order valence-electron chi connectivity index (χ1n) is 11.9. The van der Waals surface area contributed by atoms with Crippen molar-refractivity contribution in [2.24, 2.45) is 16.7 Å². The molecule has 0 spiro atoms. The molecule has 13 heteroatoms. The standard InChI is InChI=1S/C24H39N2O10P/c1-16-17(36-20(19(16)31-8)26-11-9-18(27)25-22(26)29)10-12-37(30,34-14-32-13-23(2,3)4)35-15-33-21(28)24(5,6)7/h9-12,16-17,19-20H,13-15H2,1-8H3,(H,25,27,29)/b12-10+/t16-,17+,19?,20+,37?/m0/s1. The van der Waals surface area contributed by atoms with Crippen LogP contribution < -0.4 is 11.2 Å². The highest BCUT2D eigenvalue weighted by atomic mass is 31.2. The highest BCUT2D eigenvalue weighted by Crippen LogP contribution is 2.51. The van der Waals surface area contributed by atoms with E-state index in [1.54, 1.807) is 20.8 Å². The van der Waals surface area contributed by atoms with Crippen molar-refractivity contribution >= 4 is 13.6 Å². The number of aromatic amines is 1. The molecule has 1 aromatic heterocycles. The Morgan fingerprint density at radius 2 is 1.81 bits per heavy atom. The fraction of sp³-hybridized carbons (Fsp3) is 0.708. The van der Waals surface area contributed by atoms with Crippen LogP contribution in [-0.2, 0) is 37.4 Å². The third-order valence-corrected chi connectivity index (χ3v) is 6.82. The molecule has 0 aliphatic carbocycles. The highest BCUT2D eigenvalue weighted by molar-refractivity contribution is 7.57. The lowest BCUT2D eigenvalue weighted by molar-refractivity contribution is -0.160. The predicted octanol–water partition coefficient (Wildman–Crippen LogP) is 3.39. The van der Waals surface area contributed by atoms with Crippen molar-refractivity contribution in [3.8, 4) is 0 Å². The molecule has 1 N–H and O–H groups in total. The molecule has 2 rings (SSSR count). The minimum absolute atomic E-state index is 0.136. The van der Waals surface area contributed by atoms with Gasteiger partial charge >= 0.3 is 19.3 Å². The van der Waals surface area contributed by atoms with Gasteiger partial charge in [0.1, 0.15) is 6.10 Å². The van der Waals surface area contributed by atoms with E-state index >= 15 is 0 Å². The summed E-state index contributed by atoms with van der Waals surface area (Å²) in [5.41, 5.74) is -2.08. The van der Waals surface area contributed by atoms with E-state index in [1.165, 1.54) is 35.8 Å². The van der Waals surface area contributed by atoms with Gasteiger partial charge in [-0.1, -0.05) is 27.7 Å². The quantitative estimate of drug-likeness (QED) is 0.190. The molecule has 0 amide bonds. The number of nitrogens with one attached hydrogen (secondary N) is 1. The minimum Gasteiger partial charge on any atom is -0.438 e. The fourth-order valence-electron chi connectivity index (χ4n) is 3.35. The Bertz CT molecular complexity index is 1100. The molecule has 2 heterocycles. The van der Waals surface area contributed by atoms with Gasteiger partial charge in [0.25, 0.3) is 5.56 Å². The van der Waals surface area contributed by atoms with Crippen molar-refractivity contribution in [3.63, 3.8) is 0 Å². The lowest BCUT2D eigenvalue weighted by Gasteiger charge is -2.21. The van der Waals surface area contributed by atoms with E-state index in [2.05, 4.69) is 4.98 Å². The van der Waals surface area contributed by atoms with Crippen molar-refractivity contribution in [1.82, 2.24) is 9.55 Å². The van der Waals surface area contributed by atoms with Crippen LogP contribution in [-0.4, -0.2) is 55.0 Å². The molecule has 0 aromatic carbocycles. The maximum atomic E-state index is 13.4. The number of ether oxygens (including phenoxy) is 4. The summed E-state index contributed by atoms with van der Waals surface area (Å²) in [5, 5.41) is 0. The molecule has 0 bridgehead atoms. The summed E-state index contributed by atoms with van der Waals surface area (Å²) in [6, 6.07) is 1.21. The summed E-state index contributed by atoms with van der Waals surface area (Å²) in [6.45, 7) is 12.3. The summed E-state index contributed by atoms with van der Waals surface area (Å²) in [4.78, 5) is 38.0. The smallest absolute Gasteiger partial charge is 0.358 e. The van der Waals surface area contributed by atoms with E-state index in [0.29, 0.717) is 6.61 Å². The van der Waals surface area contributed by atoms with Gasteiger partial charge in [0.15, 0.2) is 13.0 Å². The minimum atomic E-state index is -3.94. The molecule has 1 aliphatic rings. The average molecular weight is 547 g/mol. The van der Waals surface area contributed by atoms with Gasteiger partial charge in [-0.3, -0.25) is 32.8 Å². The molecule has 0 saturated carbocycles. The number of rotatable bonds is 11. The van der Waals surface area contributed by atoms with Gasteiger partial charge in [0.2, 0.25) is 6.79 Å². The van der Waals surface area contributed by atoms with Crippen LogP contribution in [0.5, 0.6) is 0 Å². The summed E-state index contributed by atoms with van der Waals surface area (Å²) in [5.74, 6) is 0.399. The number of carbonyl (C=O) groups excluding carboxylic acids is 1. The van der Waals surface area contributed by atoms with E-state index in [4.69, 9.17) is 28.0 Å². The number of methoxy groups -OCH3 is 1. The van der Waals surface area contributed by atoms with Crippen LogP contribution in [0, 0.1) is 16.7 Å². The van der Waals surface area contributed by atoms with Crippen LogP contribution in [0.2, 0.25) is 0 Å². The van der Waals surface area contributed by atoms with Crippen LogP contribution >= 0.6 is 7.60 Å². The molecule has 1 fully saturated rings. The first kappa shape index (κ1) is 31.1. The van der Waals surface area contributed by atoms with Gasteiger partial charge in [-0.2, -0.15) is 0 Å². The second kappa shape index (κ2) is 12.6. The molecular formula is C24H39N2O10P. The lowest BCUT2D eigenvalue weighted by atomic mass is 9.98. The van der Waals surface area contributed by atoms with Crippen LogP contribution in [0.15, 0.2) is 33.7 Å². The predicted molar refractivity (Wildman–Crippen MR) is 135 cm³/mol. The maximum absolute atomic E-state index is 13.4. The number of hydrogen-bond donors (Lipinski definition) is 1. The largest absolute Gasteiger partial charge is 0.438 e. The fourth-order valence-corrected chi connectivity index (χ4v) is 4.40. The Labute approximate surface area is 216 Å². The van der Waals surface area contributed by atoms with E-state index in [0.717, 1.165) is 0 Å². The van der Waals surface area contributed by atoms with Crippen LogP contribution in [0.1, 0.15) is 54.7 Å². The monoisotopic (exact) mass is 546 g/mol. The first-order chi connectivity index (χ1) is 17.1. The second-order valence-corrected chi connectivity index (χ2v) is 12.9. The van der Waals surface area contributed by atoms with Crippen molar-refractivity contribution in [3.05, 3.63) is 45.0 Å².